The van der Waals surface area contributed by atoms with Crippen molar-refractivity contribution in [3.05, 3.63) is 59.1 Å². The van der Waals surface area contributed by atoms with E-state index < -0.39 is 6.36 Å². The first-order valence-corrected chi connectivity index (χ1v) is 9.13. The molecule has 5 nitrogen and oxygen atoms in total. The molecule has 3 rings (SSSR count). The van der Waals surface area contributed by atoms with Crippen molar-refractivity contribution in [3.8, 4) is 17.0 Å². The average Bonchev–Trinajstić information content (AvgIpc) is 2.60. The number of ether oxygens (including phenoxy) is 1. The lowest BCUT2D eigenvalue weighted by Crippen LogP contribution is -2.17. The van der Waals surface area contributed by atoms with Gasteiger partial charge in [-0.25, -0.2) is 4.98 Å². The molecule has 0 saturated heterocycles. The number of halogens is 4. The lowest BCUT2D eigenvalue weighted by atomic mass is 10.1. The fourth-order valence-electron chi connectivity index (χ4n) is 2.46. The molecule has 9 heteroatoms. The van der Waals surface area contributed by atoms with Crippen molar-refractivity contribution in [1.82, 2.24) is 9.97 Å². The Balaban J connectivity index is 1.96. The van der Waals surface area contributed by atoms with E-state index in [9.17, 15) is 13.2 Å². The zero-order chi connectivity index (χ0) is 20.1. The molecule has 0 amide bonds. The van der Waals surface area contributed by atoms with Crippen molar-refractivity contribution in [1.29, 1.82) is 0 Å². The van der Waals surface area contributed by atoms with Gasteiger partial charge in [-0.05, 0) is 37.3 Å². The van der Waals surface area contributed by atoms with Gasteiger partial charge in [0.25, 0.3) is 0 Å². The van der Waals surface area contributed by atoms with E-state index in [1.54, 1.807) is 12.1 Å². The Hall–Kier alpha value is -2.81. The third-order valence-electron chi connectivity index (χ3n) is 3.52. The van der Waals surface area contributed by atoms with Crippen molar-refractivity contribution >= 4 is 33.4 Å². The van der Waals surface area contributed by atoms with Crippen LogP contribution < -0.4 is 15.4 Å². The number of benzene rings is 2. The van der Waals surface area contributed by atoms with Crippen molar-refractivity contribution in [3.63, 3.8) is 0 Å². The Morgan fingerprint density at radius 2 is 1.82 bits per heavy atom. The van der Waals surface area contributed by atoms with Crippen LogP contribution in [0.1, 0.15) is 6.92 Å². The predicted molar refractivity (Wildman–Crippen MR) is 106 cm³/mol. The molecular formula is C19H16BrF3N4O. The van der Waals surface area contributed by atoms with Gasteiger partial charge in [-0.3, -0.25) is 0 Å². The van der Waals surface area contributed by atoms with Crippen LogP contribution in [0.25, 0.3) is 11.3 Å². The second kappa shape index (κ2) is 8.47. The molecule has 1 heterocycles. The average molecular weight is 453 g/mol. The van der Waals surface area contributed by atoms with Crippen molar-refractivity contribution in [2.75, 3.05) is 17.2 Å². The van der Waals surface area contributed by atoms with Gasteiger partial charge >= 0.3 is 6.36 Å². The normalized spacial score (nSPS) is 11.2. The summed E-state index contributed by atoms with van der Waals surface area (Å²) < 4.78 is 42.4. The number of aromatic nitrogens is 2. The van der Waals surface area contributed by atoms with Gasteiger partial charge in [0.15, 0.2) is 0 Å². The number of alkyl halides is 3. The van der Waals surface area contributed by atoms with Crippen molar-refractivity contribution < 1.29 is 17.9 Å². The number of rotatable bonds is 6. The Bertz CT molecular complexity index is 966. The second-order valence-corrected chi connectivity index (χ2v) is 6.62. The standard InChI is InChI=1S/C19H16BrF3N4O/c1-2-24-18-26-16(12-5-3-8-15(9-12)28-19(21,22)23)11-17(27-18)25-14-7-4-6-13(20)10-14/h3-11H,2H2,1H3,(H2,24,25,26,27). The molecule has 2 N–H and O–H groups in total. The maximum absolute atomic E-state index is 12.5. The molecule has 0 aliphatic rings. The third-order valence-corrected chi connectivity index (χ3v) is 4.01. The highest BCUT2D eigenvalue weighted by atomic mass is 79.9. The zero-order valence-electron chi connectivity index (χ0n) is 14.7. The number of anilines is 3. The molecule has 1 aromatic heterocycles. The van der Waals surface area contributed by atoms with Gasteiger partial charge in [0.2, 0.25) is 5.95 Å². The minimum absolute atomic E-state index is 0.310. The Morgan fingerprint density at radius 3 is 2.54 bits per heavy atom. The van der Waals surface area contributed by atoms with E-state index in [0.29, 0.717) is 29.6 Å². The number of nitrogens with one attached hydrogen (secondary N) is 2. The number of hydrogen-bond acceptors (Lipinski definition) is 5. The maximum Gasteiger partial charge on any atom is 0.573 e. The molecule has 2 aromatic carbocycles. The van der Waals surface area contributed by atoms with Crippen LogP contribution >= 0.6 is 15.9 Å². The molecular weight excluding hydrogens is 437 g/mol. The van der Waals surface area contributed by atoms with Crippen LogP contribution in [0.2, 0.25) is 0 Å². The summed E-state index contributed by atoms with van der Waals surface area (Å²) >= 11 is 3.41. The summed E-state index contributed by atoms with van der Waals surface area (Å²) in [5, 5.41) is 6.20. The van der Waals surface area contributed by atoms with Gasteiger partial charge in [-0.1, -0.05) is 34.1 Å². The van der Waals surface area contributed by atoms with Crippen LogP contribution in [0.4, 0.5) is 30.6 Å². The van der Waals surface area contributed by atoms with Gasteiger partial charge in [-0.15, -0.1) is 13.2 Å². The first kappa shape index (κ1) is 19.9. The van der Waals surface area contributed by atoms with Crippen LogP contribution in [-0.2, 0) is 0 Å². The van der Waals surface area contributed by atoms with Gasteiger partial charge in [0.1, 0.15) is 11.6 Å². The minimum Gasteiger partial charge on any atom is -0.406 e. The van der Waals surface area contributed by atoms with E-state index in [1.807, 2.05) is 31.2 Å². The topological polar surface area (TPSA) is 59.1 Å². The molecule has 0 saturated carbocycles. The van der Waals surface area contributed by atoms with E-state index in [-0.39, 0.29) is 5.75 Å². The summed E-state index contributed by atoms with van der Waals surface area (Å²) in [6.45, 7) is 2.49. The minimum atomic E-state index is -4.76. The highest BCUT2D eigenvalue weighted by Gasteiger charge is 2.31. The van der Waals surface area contributed by atoms with Crippen LogP contribution in [0.3, 0.4) is 0 Å². The van der Waals surface area contributed by atoms with Crippen LogP contribution in [-0.4, -0.2) is 22.9 Å². The summed E-state index contributed by atoms with van der Waals surface area (Å²) in [4.78, 5) is 8.78. The second-order valence-electron chi connectivity index (χ2n) is 5.70. The smallest absolute Gasteiger partial charge is 0.406 e. The largest absolute Gasteiger partial charge is 0.573 e. The molecule has 0 radical (unpaired) electrons. The predicted octanol–water partition coefficient (Wildman–Crippen LogP) is 5.98. The lowest BCUT2D eigenvalue weighted by Gasteiger charge is -2.12. The Labute approximate surface area is 168 Å². The zero-order valence-corrected chi connectivity index (χ0v) is 16.3. The van der Waals surface area contributed by atoms with Crippen LogP contribution in [0, 0.1) is 0 Å². The Kier molecular flexibility index (Phi) is 6.03. The molecule has 0 aliphatic heterocycles. The molecule has 3 aromatic rings. The van der Waals surface area contributed by atoms with Crippen LogP contribution in [0.15, 0.2) is 59.1 Å². The fraction of sp³-hybridized carbons (Fsp3) is 0.158. The molecule has 0 unspecified atom stereocenters. The SMILES string of the molecule is CCNc1nc(Nc2cccc(Br)c2)cc(-c2cccc(OC(F)(F)F)c2)n1. The van der Waals surface area contributed by atoms with Gasteiger partial charge < -0.3 is 15.4 Å². The summed E-state index contributed by atoms with van der Waals surface area (Å²) in [5.74, 6) is 0.552. The van der Waals surface area contributed by atoms with Gasteiger partial charge in [-0.2, -0.15) is 4.98 Å². The molecule has 28 heavy (non-hydrogen) atoms. The fourth-order valence-corrected chi connectivity index (χ4v) is 2.86. The molecule has 0 aliphatic carbocycles. The Morgan fingerprint density at radius 1 is 1.04 bits per heavy atom. The van der Waals surface area contributed by atoms with E-state index in [0.717, 1.165) is 10.2 Å². The summed E-state index contributed by atoms with van der Waals surface area (Å²) in [5.41, 5.74) is 1.73. The quantitative estimate of drug-likeness (QED) is 0.481. The highest BCUT2D eigenvalue weighted by Crippen LogP contribution is 2.29. The number of nitrogens with zero attached hydrogens (tertiary/aromatic N) is 2. The molecule has 0 atom stereocenters. The molecule has 0 bridgehead atoms. The van der Waals surface area contributed by atoms with E-state index in [2.05, 4.69) is 41.3 Å². The van der Waals surface area contributed by atoms with E-state index in [1.165, 1.54) is 18.2 Å². The molecule has 0 fully saturated rings. The lowest BCUT2D eigenvalue weighted by molar-refractivity contribution is -0.274. The molecule has 146 valence electrons. The first-order valence-electron chi connectivity index (χ1n) is 8.34. The monoisotopic (exact) mass is 452 g/mol. The third kappa shape index (κ3) is 5.59. The summed E-state index contributed by atoms with van der Waals surface area (Å²) in [7, 11) is 0. The van der Waals surface area contributed by atoms with Gasteiger partial charge in [0, 0.05) is 28.3 Å². The first-order chi connectivity index (χ1) is 13.3. The summed E-state index contributed by atoms with van der Waals surface area (Å²) in [6, 6.07) is 14.8. The summed E-state index contributed by atoms with van der Waals surface area (Å²) in [6.07, 6.45) is -4.76. The number of hydrogen-bond donors (Lipinski definition) is 2. The molecule has 0 spiro atoms. The highest BCUT2D eigenvalue weighted by molar-refractivity contribution is 9.10. The maximum atomic E-state index is 12.5. The van der Waals surface area contributed by atoms with E-state index >= 15 is 0 Å². The van der Waals surface area contributed by atoms with E-state index in [4.69, 9.17) is 0 Å². The van der Waals surface area contributed by atoms with Gasteiger partial charge in [0.05, 0.1) is 5.69 Å². The van der Waals surface area contributed by atoms with Crippen molar-refractivity contribution in [2.45, 2.75) is 13.3 Å². The van der Waals surface area contributed by atoms with Crippen molar-refractivity contribution in [2.24, 2.45) is 0 Å². The van der Waals surface area contributed by atoms with Crippen LogP contribution in [0.5, 0.6) is 5.75 Å².